The maximum Gasteiger partial charge on any atom is 0.156 e. The highest BCUT2D eigenvalue weighted by atomic mass is 16.5. The summed E-state index contributed by atoms with van der Waals surface area (Å²) < 4.78 is 7.08. The van der Waals surface area contributed by atoms with Crippen molar-refractivity contribution in [3.63, 3.8) is 0 Å². The average molecular weight is 287 g/mol. The third kappa shape index (κ3) is 2.91. The molecule has 0 bridgehead atoms. The minimum atomic E-state index is 0.414. The Bertz CT molecular complexity index is 647. The Morgan fingerprint density at radius 1 is 1.43 bits per heavy atom. The van der Waals surface area contributed by atoms with Gasteiger partial charge in [-0.15, -0.1) is 0 Å². The monoisotopic (exact) mass is 287 g/mol. The first-order valence-electron chi connectivity index (χ1n) is 7.08. The molecule has 2 N–H and O–H groups in total. The van der Waals surface area contributed by atoms with Gasteiger partial charge in [-0.25, -0.2) is 4.68 Å². The fraction of sp³-hybridized carbons (Fsp3) is 0.375. The highest BCUT2D eigenvalue weighted by Crippen LogP contribution is 2.34. The van der Waals surface area contributed by atoms with E-state index in [0.717, 1.165) is 30.3 Å². The van der Waals surface area contributed by atoms with Crippen molar-refractivity contribution < 1.29 is 9.53 Å². The van der Waals surface area contributed by atoms with E-state index in [1.165, 1.54) is 0 Å². The molecule has 1 aromatic carbocycles. The van der Waals surface area contributed by atoms with Gasteiger partial charge in [0, 0.05) is 12.1 Å². The number of nitrogens with zero attached hydrogens (tertiary/aromatic N) is 2. The molecule has 21 heavy (non-hydrogen) atoms. The number of carbonyl (C=O) groups is 1. The first-order valence-corrected chi connectivity index (χ1v) is 7.08. The minimum Gasteiger partial charge on any atom is -0.496 e. The number of unbranched alkanes of at least 4 members (excludes halogenated alkanes) is 1. The Labute approximate surface area is 124 Å². The van der Waals surface area contributed by atoms with Gasteiger partial charge in [-0.1, -0.05) is 25.0 Å². The van der Waals surface area contributed by atoms with Gasteiger partial charge in [0.2, 0.25) is 0 Å². The highest BCUT2D eigenvalue weighted by Gasteiger charge is 2.19. The molecule has 0 saturated heterocycles. The van der Waals surface area contributed by atoms with E-state index in [2.05, 4.69) is 12.0 Å². The second-order valence-corrected chi connectivity index (χ2v) is 5.05. The summed E-state index contributed by atoms with van der Waals surface area (Å²) in [5.41, 5.74) is 8.93. The molecule has 1 heterocycles. The van der Waals surface area contributed by atoms with Crippen molar-refractivity contribution in [2.75, 3.05) is 12.8 Å². The summed E-state index contributed by atoms with van der Waals surface area (Å²) in [6.45, 7) is 4.79. The van der Waals surface area contributed by atoms with Crippen LogP contribution in [0.4, 0.5) is 5.82 Å². The SMILES string of the molecule is CCCCn1nc(-c2cc(C)ccc2OC)c(C=O)c1N. The second-order valence-electron chi connectivity index (χ2n) is 5.05. The van der Waals surface area contributed by atoms with Crippen molar-refractivity contribution in [2.45, 2.75) is 33.2 Å². The molecule has 0 fully saturated rings. The summed E-state index contributed by atoms with van der Waals surface area (Å²) in [5.74, 6) is 1.10. The van der Waals surface area contributed by atoms with Crippen LogP contribution in [0.2, 0.25) is 0 Å². The van der Waals surface area contributed by atoms with Crippen molar-refractivity contribution in [3.8, 4) is 17.0 Å². The van der Waals surface area contributed by atoms with Crippen molar-refractivity contribution in [1.29, 1.82) is 0 Å². The molecule has 112 valence electrons. The maximum absolute atomic E-state index is 11.4. The van der Waals surface area contributed by atoms with E-state index < -0.39 is 0 Å². The number of nitrogen functional groups attached to an aromatic ring is 1. The first-order chi connectivity index (χ1) is 10.1. The molecule has 0 atom stereocenters. The number of rotatable bonds is 6. The Balaban J connectivity index is 2.58. The molecule has 2 aromatic rings. The highest BCUT2D eigenvalue weighted by molar-refractivity contribution is 5.92. The summed E-state index contributed by atoms with van der Waals surface area (Å²) >= 11 is 0. The summed E-state index contributed by atoms with van der Waals surface area (Å²) in [6, 6.07) is 5.79. The van der Waals surface area contributed by atoms with Gasteiger partial charge in [-0.3, -0.25) is 4.79 Å². The summed E-state index contributed by atoms with van der Waals surface area (Å²) in [5, 5.41) is 4.52. The zero-order valence-corrected chi connectivity index (χ0v) is 12.7. The van der Waals surface area contributed by atoms with E-state index in [1.54, 1.807) is 11.8 Å². The number of ether oxygens (including phenoxy) is 1. The average Bonchev–Trinajstić information content (AvgIpc) is 2.81. The lowest BCUT2D eigenvalue weighted by atomic mass is 10.0. The molecule has 0 saturated carbocycles. The lowest BCUT2D eigenvalue weighted by Crippen LogP contribution is -2.05. The molecule has 0 aliphatic rings. The van der Waals surface area contributed by atoms with E-state index in [1.807, 2.05) is 25.1 Å². The molecule has 1 aromatic heterocycles. The number of methoxy groups -OCH3 is 1. The van der Waals surface area contributed by atoms with Gasteiger partial charge in [0.1, 0.15) is 17.3 Å². The van der Waals surface area contributed by atoms with E-state index >= 15 is 0 Å². The number of aldehydes is 1. The van der Waals surface area contributed by atoms with Crippen LogP contribution >= 0.6 is 0 Å². The number of hydrogen-bond acceptors (Lipinski definition) is 4. The molecule has 5 heteroatoms. The van der Waals surface area contributed by atoms with Crippen molar-refractivity contribution in [1.82, 2.24) is 9.78 Å². The topological polar surface area (TPSA) is 70.1 Å². The number of benzene rings is 1. The Hall–Kier alpha value is -2.30. The molecule has 0 spiro atoms. The quantitative estimate of drug-likeness (QED) is 0.829. The fourth-order valence-electron chi connectivity index (χ4n) is 2.29. The van der Waals surface area contributed by atoms with Crippen LogP contribution in [-0.2, 0) is 6.54 Å². The van der Waals surface area contributed by atoms with E-state index in [-0.39, 0.29) is 0 Å². The van der Waals surface area contributed by atoms with Gasteiger partial charge >= 0.3 is 0 Å². The Morgan fingerprint density at radius 2 is 2.19 bits per heavy atom. The van der Waals surface area contributed by atoms with Gasteiger partial charge in [0.05, 0.1) is 12.7 Å². The predicted molar refractivity (Wildman–Crippen MR) is 83.7 cm³/mol. The standard InChI is InChI=1S/C16H21N3O2/c1-4-5-8-19-16(17)13(10-20)15(18-19)12-9-11(2)6-7-14(12)21-3/h6-7,9-10H,4-5,8,17H2,1-3H3. The molecule has 0 unspecified atom stereocenters. The molecular formula is C16H21N3O2. The summed E-state index contributed by atoms with van der Waals surface area (Å²) in [4.78, 5) is 11.4. The first kappa shape index (κ1) is 15.1. The lowest BCUT2D eigenvalue weighted by molar-refractivity contribution is 0.112. The molecule has 0 radical (unpaired) electrons. The normalized spacial score (nSPS) is 10.6. The molecular weight excluding hydrogens is 266 g/mol. The van der Waals surface area contributed by atoms with E-state index in [0.29, 0.717) is 29.4 Å². The smallest absolute Gasteiger partial charge is 0.156 e. The van der Waals surface area contributed by atoms with E-state index in [4.69, 9.17) is 10.5 Å². The Kier molecular flexibility index (Phi) is 4.62. The van der Waals surface area contributed by atoms with Crippen molar-refractivity contribution >= 4 is 12.1 Å². The van der Waals surface area contributed by atoms with Crippen LogP contribution in [0.5, 0.6) is 5.75 Å². The van der Waals surface area contributed by atoms with Gasteiger partial charge in [0.25, 0.3) is 0 Å². The Morgan fingerprint density at radius 3 is 2.81 bits per heavy atom. The fourth-order valence-corrected chi connectivity index (χ4v) is 2.29. The van der Waals surface area contributed by atoms with Gasteiger partial charge in [0.15, 0.2) is 6.29 Å². The van der Waals surface area contributed by atoms with Crippen molar-refractivity contribution in [3.05, 3.63) is 29.3 Å². The van der Waals surface area contributed by atoms with Crippen LogP contribution < -0.4 is 10.5 Å². The minimum absolute atomic E-state index is 0.414. The van der Waals surface area contributed by atoms with Crippen LogP contribution in [-0.4, -0.2) is 23.2 Å². The van der Waals surface area contributed by atoms with Crippen molar-refractivity contribution in [2.24, 2.45) is 0 Å². The third-order valence-corrected chi connectivity index (χ3v) is 3.48. The van der Waals surface area contributed by atoms with Crippen LogP contribution in [0.15, 0.2) is 18.2 Å². The number of anilines is 1. The third-order valence-electron chi connectivity index (χ3n) is 3.48. The number of nitrogens with two attached hydrogens (primary N) is 1. The number of carbonyl (C=O) groups excluding carboxylic acids is 1. The molecule has 2 rings (SSSR count). The molecule has 0 aliphatic carbocycles. The maximum atomic E-state index is 11.4. The van der Waals surface area contributed by atoms with Crippen LogP contribution in [0.1, 0.15) is 35.7 Å². The number of hydrogen-bond donors (Lipinski definition) is 1. The van der Waals surface area contributed by atoms with Crippen LogP contribution in [0.3, 0.4) is 0 Å². The van der Waals surface area contributed by atoms with Gasteiger partial charge in [-0.2, -0.15) is 5.10 Å². The number of aromatic nitrogens is 2. The number of aryl methyl sites for hydroxylation is 2. The predicted octanol–water partition coefficient (Wildman–Crippen LogP) is 3.06. The molecule has 0 aliphatic heterocycles. The largest absolute Gasteiger partial charge is 0.496 e. The lowest BCUT2D eigenvalue weighted by Gasteiger charge is -2.07. The second kappa shape index (κ2) is 6.43. The van der Waals surface area contributed by atoms with Crippen LogP contribution in [0, 0.1) is 6.92 Å². The zero-order chi connectivity index (χ0) is 15.4. The van der Waals surface area contributed by atoms with E-state index in [9.17, 15) is 4.79 Å². The summed E-state index contributed by atoms with van der Waals surface area (Å²) in [7, 11) is 1.60. The van der Waals surface area contributed by atoms with Gasteiger partial charge in [-0.05, 0) is 25.5 Å². The zero-order valence-electron chi connectivity index (χ0n) is 12.7. The molecule has 5 nitrogen and oxygen atoms in total. The molecule has 0 amide bonds. The summed E-state index contributed by atoms with van der Waals surface area (Å²) in [6.07, 6.45) is 2.77. The van der Waals surface area contributed by atoms with Crippen LogP contribution in [0.25, 0.3) is 11.3 Å². The van der Waals surface area contributed by atoms with Gasteiger partial charge < -0.3 is 10.5 Å².